The molecule has 22 heavy (non-hydrogen) atoms. The van der Waals surface area contributed by atoms with Gasteiger partial charge in [-0.05, 0) is 25.0 Å². The lowest BCUT2D eigenvalue weighted by atomic mass is 9.86. The van der Waals surface area contributed by atoms with Gasteiger partial charge in [-0.15, -0.1) is 0 Å². The molecule has 1 aliphatic carbocycles. The fourth-order valence-electron chi connectivity index (χ4n) is 3.29. The number of aromatic nitrogens is 2. The Balaban J connectivity index is 2.02. The fourth-order valence-corrected chi connectivity index (χ4v) is 3.50. The number of para-hydroxylation sites is 1. The van der Waals surface area contributed by atoms with Crippen molar-refractivity contribution < 1.29 is 0 Å². The van der Waals surface area contributed by atoms with Crippen molar-refractivity contribution in [1.29, 1.82) is 0 Å². The molecule has 4 nitrogen and oxygen atoms in total. The lowest BCUT2D eigenvalue weighted by Crippen LogP contribution is -2.17. The minimum atomic E-state index is 0.535. The number of hydrogen-bond donors (Lipinski definition) is 2. The van der Waals surface area contributed by atoms with Gasteiger partial charge in [-0.1, -0.05) is 43.0 Å². The van der Waals surface area contributed by atoms with Crippen LogP contribution in [0.3, 0.4) is 0 Å². The van der Waals surface area contributed by atoms with E-state index in [9.17, 15) is 0 Å². The highest BCUT2D eigenvalue weighted by Crippen LogP contribution is 2.38. The van der Waals surface area contributed by atoms with Gasteiger partial charge in [0.25, 0.3) is 0 Å². The topological polar surface area (TPSA) is 55.9 Å². The summed E-state index contributed by atoms with van der Waals surface area (Å²) in [5, 5.41) is 8.75. The van der Waals surface area contributed by atoms with Crippen LogP contribution in [-0.4, -0.2) is 22.9 Å². The standard InChI is InChI=1S/C17H23ClN4/c18-14-8-4-5-9-16(14)22-17(13-6-2-1-3-7-13)15(12-21-22)20-11-10-19/h4-5,8-9,12-13,20H,1-3,6-7,10-11,19H2. The number of benzene rings is 1. The highest BCUT2D eigenvalue weighted by atomic mass is 35.5. The number of nitrogens with zero attached hydrogens (tertiary/aromatic N) is 2. The number of halogens is 1. The lowest BCUT2D eigenvalue weighted by Gasteiger charge is -2.24. The molecule has 0 radical (unpaired) electrons. The first-order valence-corrected chi connectivity index (χ1v) is 8.46. The van der Waals surface area contributed by atoms with Crippen LogP contribution in [0.15, 0.2) is 30.5 Å². The molecule has 3 N–H and O–H groups in total. The molecule has 1 fully saturated rings. The highest BCUT2D eigenvalue weighted by molar-refractivity contribution is 6.32. The second-order valence-corrected chi connectivity index (χ2v) is 6.26. The number of hydrogen-bond acceptors (Lipinski definition) is 3. The summed E-state index contributed by atoms with van der Waals surface area (Å²) in [6.45, 7) is 1.37. The number of anilines is 1. The average Bonchev–Trinajstić information content (AvgIpc) is 2.98. The molecule has 1 aromatic heterocycles. The molecule has 0 unspecified atom stereocenters. The van der Waals surface area contributed by atoms with E-state index in [1.54, 1.807) is 0 Å². The maximum Gasteiger partial charge on any atom is 0.0835 e. The SMILES string of the molecule is NCCNc1cnn(-c2ccccc2Cl)c1C1CCCCC1. The third-order valence-electron chi connectivity index (χ3n) is 4.34. The van der Waals surface area contributed by atoms with Gasteiger partial charge >= 0.3 is 0 Å². The van der Waals surface area contributed by atoms with E-state index in [0.29, 0.717) is 12.5 Å². The third-order valence-corrected chi connectivity index (χ3v) is 4.66. The molecule has 3 rings (SSSR count). The Morgan fingerprint density at radius 3 is 2.73 bits per heavy atom. The van der Waals surface area contributed by atoms with Gasteiger partial charge in [0.2, 0.25) is 0 Å². The van der Waals surface area contributed by atoms with E-state index in [1.807, 2.05) is 35.1 Å². The predicted molar refractivity (Wildman–Crippen MR) is 91.9 cm³/mol. The molecule has 1 heterocycles. The second-order valence-electron chi connectivity index (χ2n) is 5.86. The van der Waals surface area contributed by atoms with Gasteiger partial charge in [0.1, 0.15) is 0 Å². The molecule has 0 amide bonds. The Morgan fingerprint density at radius 2 is 2.00 bits per heavy atom. The van der Waals surface area contributed by atoms with Crippen LogP contribution < -0.4 is 11.1 Å². The molecule has 1 saturated carbocycles. The van der Waals surface area contributed by atoms with E-state index < -0.39 is 0 Å². The van der Waals surface area contributed by atoms with Gasteiger partial charge in [-0.25, -0.2) is 4.68 Å². The first-order valence-electron chi connectivity index (χ1n) is 8.08. The molecule has 0 aliphatic heterocycles. The highest BCUT2D eigenvalue weighted by Gasteiger charge is 2.24. The predicted octanol–water partition coefficient (Wildman–Crippen LogP) is 3.94. The summed E-state index contributed by atoms with van der Waals surface area (Å²) in [4.78, 5) is 0. The summed E-state index contributed by atoms with van der Waals surface area (Å²) < 4.78 is 2.01. The quantitative estimate of drug-likeness (QED) is 0.877. The van der Waals surface area contributed by atoms with E-state index in [4.69, 9.17) is 17.3 Å². The smallest absolute Gasteiger partial charge is 0.0835 e. The maximum atomic E-state index is 6.38. The first-order chi connectivity index (χ1) is 10.8. The number of rotatable bonds is 5. The summed E-state index contributed by atoms with van der Waals surface area (Å²) in [6.07, 6.45) is 8.25. The first kappa shape index (κ1) is 15.4. The van der Waals surface area contributed by atoms with Crippen LogP contribution in [0.4, 0.5) is 5.69 Å². The zero-order chi connectivity index (χ0) is 15.4. The lowest BCUT2D eigenvalue weighted by molar-refractivity contribution is 0.430. The van der Waals surface area contributed by atoms with Crippen molar-refractivity contribution in [3.63, 3.8) is 0 Å². The monoisotopic (exact) mass is 318 g/mol. The Labute approximate surface area is 136 Å². The van der Waals surface area contributed by atoms with Crippen LogP contribution in [0.2, 0.25) is 5.02 Å². The molecule has 2 aromatic rings. The Bertz CT molecular complexity index is 617. The Kier molecular flexibility index (Phi) is 5.01. The van der Waals surface area contributed by atoms with Crippen LogP contribution in [0.1, 0.15) is 43.7 Å². The van der Waals surface area contributed by atoms with Crippen molar-refractivity contribution in [3.05, 3.63) is 41.2 Å². The van der Waals surface area contributed by atoms with Gasteiger partial charge < -0.3 is 11.1 Å². The third kappa shape index (κ3) is 3.13. The summed E-state index contributed by atoms with van der Waals surface area (Å²) in [5.74, 6) is 0.535. The van der Waals surface area contributed by atoms with E-state index in [0.717, 1.165) is 22.9 Å². The molecule has 5 heteroatoms. The minimum absolute atomic E-state index is 0.535. The summed E-state index contributed by atoms with van der Waals surface area (Å²) in [5.41, 5.74) is 8.93. The molecule has 1 aromatic carbocycles. The fraction of sp³-hybridized carbons (Fsp3) is 0.471. The normalized spacial score (nSPS) is 15.9. The molecule has 1 aliphatic rings. The molecule has 0 bridgehead atoms. The number of nitrogens with one attached hydrogen (secondary N) is 1. The van der Waals surface area contributed by atoms with Crippen LogP contribution in [-0.2, 0) is 0 Å². The van der Waals surface area contributed by atoms with Gasteiger partial charge in [0, 0.05) is 19.0 Å². The summed E-state index contributed by atoms with van der Waals surface area (Å²) in [6, 6.07) is 7.88. The van der Waals surface area contributed by atoms with E-state index >= 15 is 0 Å². The van der Waals surface area contributed by atoms with Gasteiger partial charge in [-0.3, -0.25) is 0 Å². The largest absolute Gasteiger partial charge is 0.381 e. The van der Waals surface area contributed by atoms with Crippen molar-refractivity contribution in [2.75, 3.05) is 18.4 Å². The summed E-state index contributed by atoms with van der Waals surface area (Å²) in [7, 11) is 0. The minimum Gasteiger partial charge on any atom is -0.381 e. The van der Waals surface area contributed by atoms with Gasteiger partial charge in [0.05, 0.1) is 28.3 Å². The molecule has 0 atom stereocenters. The van der Waals surface area contributed by atoms with Gasteiger partial charge in [-0.2, -0.15) is 5.10 Å². The molecule has 118 valence electrons. The van der Waals surface area contributed by atoms with E-state index in [1.165, 1.54) is 37.8 Å². The molecular weight excluding hydrogens is 296 g/mol. The van der Waals surface area contributed by atoms with Crippen molar-refractivity contribution >= 4 is 17.3 Å². The maximum absolute atomic E-state index is 6.38. The zero-order valence-corrected chi connectivity index (χ0v) is 13.5. The van der Waals surface area contributed by atoms with Crippen molar-refractivity contribution in [2.24, 2.45) is 5.73 Å². The van der Waals surface area contributed by atoms with Crippen LogP contribution in [0.5, 0.6) is 0 Å². The van der Waals surface area contributed by atoms with E-state index in [2.05, 4.69) is 10.4 Å². The second kappa shape index (κ2) is 7.16. The van der Waals surface area contributed by atoms with E-state index in [-0.39, 0.29) is 0 Å². The molecule has 0 spiro atoms. The Morgan fingerprint density at radius 1 is 1.23 bits per heavy atom. The van der Waals surface area contributed by atoms with Gasteiger partial charge in [0.15, 0.2) is 0 Å². The van der Waals surface area contributed by atoms with Crippen LogP contribution >= 0.6 is 11.6 Å². The average molecular weight is 319 g/mol. The van der Waals surface area contributed by atoms with Crippen LogP contribution in [0.25, 0.3) is 5.69 Å². The number of nitrogens with two attached hydrogens (primary N) is 1. The molecular formula is C17H23ClN4. The Hall–Kier alpha value is -1.52. The van der Waals surface area contributed by atoms with Crippen molar-refractivity contribution in [1.82, 2.24) is 9.78 Å². The molecule has 0 saturated heterocycles. The van der Waals surface area contributed by atoms with Crippen molar-refractivity contribution in [3.8, 4) is 5.69 Å². The zero-order valence-electron chi connectivity index (χ0n) is 12.8. The summed E-state index contributed by atoms with van der Waals surface area (Å²) >= 11 is 6.38. The van der Waals surface area contributed by atoms with Crippen LogP contribution in [0, 0.1) is 0 Å². The van der Waals surface area contributed by atoms with Crippen molar-refractivity contribution in [2.45, 2.75) is 38.0 Å².